The quantitative estimate of drug-likeness (QED) is 0.804. The summed E-state index contributed by atoms with van der Waals surface area (Å²) in [6, 6.07) is 5.19. The highest BCUT2D eigenvalue weighted by molar-refractivity contribution is 8.00. The van der Waals surface area contributed by atoms with Crippen molar-refractivity contribution >= 4 is 35.2 Å². The van der Waals surface area contributed by atoms with Crippen molar-refractivity contribution < 1.29 is 19.1 Å². The van der Waals surface area contributed by atoms with Crippen LogP contribution in [0.2, 0.25) is 0 Å². The number of carbonyl (C=O) groups is 3. The van der Waals surface area contributed by atoms with E-state index in [1.165, 1.54) is 11.8 Å². The highest BCUT2D eigenvalue weighted by Crippen LogP contribution is 2.32. The molecule has 2 N–H and O–H groups in total. The van der Waals surface area contributed by atoms with Gasteiger partial charge in [0, 0.05) is 10.9 Å². The van der Waals surface area contributed by atoms with E-state index in [9.17, 15) is 14.4 Å². The number of hydrogen-bond donors (Lipinski definition) is 2. The number of esters is 1. The standard InChI is InChI=1S/C18H22N2O4S/c1-11-2-5-13(6-3-11)19-16(21)9-24-18(23)12-4-7-15-14(8-12)20-17(22)10-25-15/h4,7-8,11,13H,2-3,5-6,9-10H2,1H3,(H,19,21)(H,20,22). The number of ether oxygens (including phenoxy) is 1. The Bertz CT molecular complexity index is 684. The average Bonchev–Trinajstić information content (AvgIpc) is 2.61. The first-order valence-electron chi connectivity index (χ1n) is 8.54. The third-order valence-electron chi connectivity index (χ3n) is 4.56. The van der Waals surface area contributed by atoms with Crippen LogP contribution in [0.1, 0.15) is 43.0 Å². The molecule has 0 radical (unpaired) electrons. The lowest BCUT2D eigenvalue weighted by Crippen LogP contribution is -2.39. The lowest BCUT2D eigenvalue weighted by atomic mass is 9.87. The summed E-state index contributed by atoms with van der Waals surface area (Å²) in [6.07, 6.45) is 4.18. The molecule has 2 amide bonds. The Morgan fingerprint density at radius 2 is 2.04 bits per heavy atom. The van der Waals surface area contributed by atoms with Gasteiger partial charge in [-0.1, -0.05) is 6.92 Å². The van der Waals surface area contributed by atoms with Gasteiger partial charge in [-0.05, 0) is 49.8 Å². The van der Waals surface area contributed by atoms with Crippen molar-refractivity contribution in [1.29, 1.82) is 0 Å². The van der Waals surface area contributed by atoms with E-state index >= 15 is 0 Å². The number of hydrogen-bond acceptors (Lipinski definition) is 5. The topological polar surface area (TPSA) is 84.5 Å². The Labute approximate surface area is 151 Å². The molecule has 25 heavy (non-hydrogen) atoms. The van der Waals surface area contributed by atoms with E-state index in [0.29, 0.717) is 22.9 Å². The fourth-order valence-corrected chi connectivity index (χ4v) is 3.89. The fraction of sp³-hybridized carbons (Fsp3) is 0.500. The highest BCUT2D eigenvalue weighted by atomic mass is 32.2. The first-order valence-corrected chi connectivity index (χ1v) is 9.53. The molecule has 6 nitrogen and oxygen atoms in total. The van der Waals surface area contributed by atoms with Crippen molar-refractivity contribution in [3.05, 3.63) is 23.8 Å². The van der Waals surface area contributed by atoms with E-state index in [1.807, 2.05) is 0 Å². The molecule has 1 fully saturated rings. The number of benzene rings is 1. The highest BCUT2D eigenvalue weighted by Gasteiger charge is 2.21. The maximum Gasteiger partial charge on any atom is 0.338 e. The second-order valence-corrected chi connectivity index (χ2v) is 7.67. The zero-order valence-corrected chi connectivity index (χ0v) is 15.0. The molecule has 0 atom stereocenters. The first-order chi connectivity index (χ1) is 12.0. The SMILES string of the molecule is CC1CCC(NC(=O)COC(=O)c2ccc3c(c2)NC(=O)CS3)CC1. The van der Waals surface area contributed by atoms with Crippen molar-refractivity contribution in [1.82, 2.24) is 5.32 Å². The lowest BCUT2D eigenvalue weighted by Gasteiger charge is -2.26. The molecule has 0 aromatic heterocycles. The average molecular weight is 362 g/mol. The van der Waals surface area contributed by atoms with Gasteiger partial charge in [0.1, 0.15) is 0 Å². The van der Waals surface area contributed by atoms with Crippen molar-refractivity contribution in [3.8, 4) is 0 Å². The normalized spacial score (nSPS) is 22.5. The molecule has 1 aliphatic heterocycles. The van der Waals surface area contributed by atoms with E-state index in [2.05, 4.69) is 17.6 Å². The molecule has 1 heterocycles. The number of rotatable bonds is 4. The van der Waals surface area contributed by atoms with E-state index in [1.54, 1.807) is 18.2 Å². The number of nitrogens with one attached hydrogen (secondary N) is 2. The van der Waals surface area contributed by atoms with Crippen LogP contribution < -0.4 is 10.6 Å². The van der Waals surface area contributed by atoms with E-state index in [4.69, 9.17) is 4.74 Å². The third kappa shape index (κ3) is 4.75. The molecule has 0 bridgehead atoms. The van der Waals surface area contributed by atoms with Crippen LogP contribution in [0.15, 0.2) is 23.1 Å². The molecule has 1 aromatic rings. The zero-order chi connectivity index (χ0) is 17.8. The lowest BCUT2D eigenvalue weighted by molar-refractivity contribution is -0.125. The Hall–Kier alpha value is -2.02. The number of fused-ring (bicyclic) bond motifs is 1. The van der Waals surface area contributed by atoms with Crippen LogP contribution in [-0.2, 0) is 14.3 Å². The largest absolute Gasteiger partial charge is 0.452 e. The fourth-order valence-electron chi connectivity index (χ4n) is 3.10. The zero-order valence-electron chi connectivity index (χ0n) is 14.2. The summed E-state index contributed by atoms with van der Waals surface area (Å²) in [5, 5.41) is 5.66. The Morgan fingerprint density at radius 3 is 2.80 bits per heavy atom. The predicted octanol–water partition coefficient (Wildman–Crippen LogP) is 2.58. The summed E-state index contributed by atoms with van der Waals surface area (Å²) in [4.78, 5) is 36.4. The summed E-state index contributed by atoms with van der Waals surface area (Å²) in [6.45, 7) is 1.93. The van der Waals surface area contributed by atoms with Crippen LogP contribution in [0, 0.1) is 5.92 Å². The molecule has 0 spiro atoms. The van der Waals surface area contributed by atoms with Crippen LogP contribution in [0.3, 0.4) is 0 Å². The Kier molecular flexibility index (Phi) is 5.63. The number of anilines is 1. The van der Waals surface area contributed by atoms with Crippen molar-refractivity contribution in [2.24, 2.45) is 5.92 Å². The molecule has 2 aliphatic rings. The molecule has 7 heteroatoms. The minimum absolute atomic E-state index is 0.0933. The molecule has 1 aliphatic carbocycles. The van der Waals surface area contributed by atoms with Gasteiger partial charge in [0.25, 0.3) is 5.91 Å². The van der Waals surface area contributed by atoms with Crippen LogP contribution in [0.4, 0.5) is 5.69 Å². The van der Waals surface area contributed by atoms with Gasteiger partial charge in [-0.2, -0.15) is 0 Å². The van der Waals surface area contributed by atoms with Crippen molar-refractivity contribution in [3.63, 3.8) is 0 Å². The molecule has 0 unspecified atom stereocenters. The number of amides is 2. The van der Waals surface area contributed by atoms with Gasteiger partial charge >= 0.3 is 5.97 Å². The number of carbonyl (C=O) groups excluding carboxylic acids is 3. The smallest absolute Gasteiger partial charge is 0.338 e. The van der Waals surface area contributed by atoms with Gasteiger partial charge in [0.05, 0.1) is 17.0 Å². The minimum Gasteiger partial charge on any atom is -0.452 e. The van der Waals surface area contributed by atoms with Crippen LogP contribution >= 0.6 is 11.8 Å². The molecule has 1 saturated carbocycles. The first kappa shape index (κ1) is 17.8. The van der Waals surface area contributed by atoms with Gasteiger partial charge in [-0.3, -0.25) is 9.59 Å². The summed E-state index contributed by atoms with van der Waals surface area (Å²) < 4.78 is 5.10. The summed E-state index contributed by atoms with van der Waals surface area (Å²) in [5.74, 6) is 0.157. The number of thioether (sulfide) groups is 1. The van der Waals surface area contributed by atoms with Gasteiger partial charge in [0.2, 0.25) is 5.91 Å². The van der Waals surface area contributed by atoms with E-state index in [-0.39, 0.29) is 24.5 Å². The van der Waals surface area contributed by atoms with Gasteiger partial charge in [0.15, 0.2) is 6.61 Å². The van der Waals surface area contributed by atoms with E-state index in [0.717, 1.165) is 30.6 Å². The minimum atomic E-state index is -0.569. The summed E-state index contributed by atoms with van der Waals surface area (Å²) in [5.41, 5.74) is 0.928. The Morgan fingerprint density at radius 1 is 1.28 bits per heavy atom. The van der Waals surface area contributed by atoms with Crippen LogP contribution in [-0.4, -0.2) is 36.2 Å². The van der Waals surface area contributed by atoms with Crippen molar-refractivity contribution in [2.75, 3.05) is 17.7 Å². The Balaban J connectivity index is 1.50. The van der Waals surface area contributed by atoms with Gasteiger partial charge in [-0.25, -0.2) is 4.79 Å². The van der Waals surface area contributed by atoms with Gasteiger partial charge in [-0.15, -0.1) is 11.8 Å². The summed E-state index contributed by atoms with van der Waals surface area (Å²) >= 11 is 1.43. The third-order valence-corrected chi connectivity index (χ3v) is 5.64. The van der Waals surface area contributed by atoms with Crippen LogP contribution in [0.25, 0.3) is 0 Å². The molecule has 0 saturated heterocycles. The molecule has 3 rings (SSSR count). The monoisotopic (exact) mass is 362 g/mol. The van der Waals surface area contributed by atoms with E-state index < -0.39 is 5.97 Å². The molecule has 134 valence electrons. The van der Waals surface area contributed by atoms with Crippen LogP contribution in [0.5, 0.6) is 0 Å². The summed E-state index contributed by atoms with van der Waals surface area (Å²) in [7, 11) is 0. The maximum atomic E-state index is 12.1. The predicted molar refractivity (Wildman–Crippen MR) is 95.6 cm³/mol. The molecular weight excluding hydrogens is 340 g/mol. The maximum absolute atomic E-state index is 12.1. The second kappa shape index (κ2) is 7.91. The molecule has 1 aromatic carbocycles. The molecular formula is C18H22N2O4S. The van der Waals surface area contributed by atoms with Gasteiger partial charge < -0.3 is 15.4 Å². The second-order valence-electron chi connectivity index (χ2n) is 6.65. The van der Waals surface area contributed by atoms with Crippen molar-refractivity contribution in [2.45, 2.75) is 43.5 Å².